The van der Waals surface area contributed by atoms with Crippen LogP contribution in [0.25, 0.3) is 6.08 Å². The molecule has 1 aromatic heterocycles. The number of nitrogens with zero attached hydrogens (tertiary/aromatic N) is 2. The summed E-state index contributed by atoms with van der Waals surface area (Å²) in [6.45, 7) is 2.95. The number of hydrogen-bond acceptors (Lipinski definition) is 3. The zero-order valence-electron chi connectivity index (χ0n) is 18.5. The summed E-state index contributed by atoms with van der Waals surface area (Å²) in [5, 5.41) is 9.36. The van der Waals surface area contributed by atoms with Crippen LogP contribution in [0.15, 0.2) is 72.9 Å². The number of hydrogen-bond donors (Lipinski definition) is 1. The summed E-state index contributed by atoms with van der Waals surface area (Å²) >= 11 is 0. The predicted octanol–water partition coefficient (Wildman–Crippen LogP) is 4.43. The Balaban J connectivity index is 1.45. The molecule has 168 valence electrons. The summed E-state index contributed by atoms with van der Waals surface area (Å²) in [5.74, 6) is -1.24. The predicted molar refractivity (Wildman–Crippen MR) is 126 cm³/mol. The molecule has 0 unspecified atom stereocenters. The van der Waals surface area contributed by atoms with Crippen molar-refractivity contribution >= 4 is 23.7 Å². The van der Waals surface area contributed by atoms with Gasteiger partial charge in [-0.05, 0) is 49.6 Å². The first kappa shape index (κ1) is 22.3. The summed E-state index contributed by atoms with van der Waals surface area (Å²) in [6.07, 6.45) is 6.89. The topological polar surface area (TPSA) is 79.6 Å². The molecule has 0 aliphatic carbocycles. The molecule has 1 N–H and O–H groups in total. The van der Waals surface area contributed by atoms with E-state index in [1.54, 1.807) is 18.2 Å². The Morgan fingerprint density at radius 2 is 1.82 bits per heavy atom. The second-order valence-electron chi connectivity index (χ2n) is 8.26. The smallest absolute Gasteiger partial charge is 0.326 e. The number of allylic oxidation sites excluding steroid dienone is 1. The van der Waals surface area contributed by atoms with Gasteiger partial charge in [-0.15, -0.1) is 0 Å². The Labute approximate surface area is 192 Å². The van der Waals surface area contributed by atoms with Gasteiger partial charge >= 0.3 is 5.97 Å². The highest BCUT2D eigenvalue weighted by Crippen LogP contribution is 2.21. The van der Waals surface area contributed by atoms with Gasteiger partial charge in [0.15, 0.2) is 0 Å². The van der Waals surface area contributed by atoms with Crippen LogP contribution < -0.4 is 0 Å². The van der Waals surface area contributed by atoms with Gasteiger partial charge in [0.05, 0.1) is 5.69 Å². The Hall–Kier alpha value is -3.93. The normalized spacial score (nSPS) is 15.8. The van der Waals surface area contributed by atoms with Crippen LogP contribution in [0.5, 0.6) is 0 Å². The molecule has 1 amide bonds. The van der Waals surface area contributed by atoms with Gasteiger partial charge in [0.1, 0.15) is 6.04 Å². The highest BCUT2D eigenvalue weighted by Gasteiger charge is 2.34. The average molecular weight is 443 g/mol. The number of carbonyl (C=O) groups excluding carboxylic acids is 2. The van der Waals surface area contributed by atoms with Crippen molar-refractivity contribution < 1.29 is 19.5 Å². The third-order valence-corrected chi connectivity index (χ3v) is 5.92. The Kier molecular flexibility index (Phi) is 6.54. The summed E-state index contributed by atoms with van der Waals surface area (Å²) in [7, 11) is 0. The van der Waals surface area contributed by atoms with Crippen LogP contribution in [0.1, 0.15) is 50.4 Å². The monoisotopic (exact) mass is 442 g/mol. The molecule has 33 heavy (non-hydrogen) atoms. The van der Waals surface area contributed by atoms with Gasteiger partial charge < -0.3 is 14.6 Å². The fraction of sp³-hybridized carbons (Fsp3) is 0.222. The third-order valence-electron chi connectivity index (χ3n) is 5.92. The second-order valence-corrected chi connectivity index (χ2v) is 8.26. The van der Waals surface area contributed by atoms with Gasteiger partial charge in [-0.3, -0.25) is 9.59 Å². The first-order valence-corrected chi connectivity index (χ1v) is 11.0. The molecule has 1 atom stereocenters. The van der Waals surface area contributed by atoms with Crippen molar-refractivity contribution in [2.24, 2.45) is 0 Å². The molecule has 1 fully saturated rings. The van der Waals surface area contributed by atoms with Crippen molar-refractivity contribution in [2.45, 2.75) is 32.4 Å². The number of likely N-dealkylation sites (tertiary alicyclic amines) is 1. The van der Waals surface area contributed by atoms with Crippen molar-refractivity contribution in [1.29, 1.82) is 0 Å². The number of rotatable bonds is 7. The van der Waals surface area contributed by atoms with Gasteiger partial charge in [-0.25, -0.2) is 4.79 Å². The van der Waals surface area contributed by atoms with Crippen LogP contribution in [0.3, 0.4) is 0 Å². The van der Waals surface area contributed by atoms with E-state index in [9.17, 15) is 19.5 Å². The number of carboxylic acids is 1. The minimum Gasteiger partial charge on any atom is -0.480 e. The summed E-state index contributed by atoms with van der Waals surface area (Å²) < 4.78 is 1.88. The lowest BCUT2D eigenvalue weighted by Crippen LogP contribution is -2.40. The van der Waals surface area contributed by atoms with Crippen molar-refractivity contribution in [3.8, 4) is 0 Å². The SMILES string of the molecule is Cc1ccc(C(=O)c2cccn2C/C=C/c2cccc(C(=O)N3CCC[C@H]3C(=O)O)c2)cc1. The zero-order valence-corrected chi connectivity index (χ0v) is 18.5. The molecule has 3 aromatic rings. The van der Waals surface area contributed by atoms with E-state index in [1.165, 1.54) is 4.90 Å². The maximum atomic E-state index is 12.9. The zero-order chi connectivity index (χ0) is 23.4. The van der Waals surface area contributed by atoms with Crippen molar-refractivity contribution in [2.75, 3.05) is 6.54 Å². The molecule has 0 spiro atoms. The number of carbonyl (C=O) groups is 3. The third kappa shape index (κ3) is 4.95. The summed E-state index contributed by atoms with van der Waals surface area (Å²) in [4.78, 5) is 38.6. The van der Waals surface area contributed by atoms with E-state index in [1.807, 2.05) is 72.3 Å². The molecular formula is C27H26N2O4. The number of aliphatic carboxylic acids is 1. The lowest BCUT2D eigenvalue weighted by Gasteiger charge is -2.21. The van der Waals surface area contributed by atoms with Crippen LogP contribution in [-0.4, -0.2) is 44.8 Å². The number of aryl methyl sites for hydroxylation is 1. The number of aromatic nitrogens is 1. The van der Waals surface area contributed by atoms with Gasteiger partial charge in [-0.2, -0.15) is 0 Å². The van der Waals surface area contributed by atoms with Gasteiger partial charge in [0.2, 0.25) is 5.78 Å². The van der Waals surface area contributed by atoms with Gasteiger partial charge in [-0.1, -0.05) is 54.1 Å². The number of benzene rings is 2. The molecule has 6 heteroatoms. The fourth-order valence-electron chi connectivity index (χ4n) is 4.14. The highest BCUT2D eigenvalue weighted by atomic mass is 16.4. The van der Waals surface area contributed by atoms with E-state index >= 15 is 0 Å². The molecule has 0 bridgehead atoms. The van der Waals surface area contributed by atoms with Crippen LogP contribution in [0.2, 0.25) is 0 Å². The lowest BCUT2D eigenvalue weighted by atomic mass is 10.1. The maximum Gasteiger partial charge on any atom is 0.326 e. The molecule has 2 aromatic carbocycles. The summed E-state index contributed by atoms with van der Waals surface area (Å²) in [6, 6.07) is 17.6. The first-order chi connectivity index (χ1) is 15.9. The van der Waals surface area contributed by atoms with Crippen LogP contribution >= 0.6 is 0 Å². The quantitative estimate of drug-likeness (QED) is 0.549. The van der Waals surface area contributed by atoms with Crippen LogP contribution in [-0.2, 0) is 11.3 Å². The molecular weight excluding hydrogens is 416 g/mol. The van der Waals surface area contributed by atoms with E-state index in [-0.39, 0.29) is 11.7 Å². The molecule has 1 aliphatic heterocycles. The second kappa shape index (κ2) is 9.69. The van der Waals surface area contributed by atoms with Crippen LogP contribution in [0, 0.1) is 6.92 Å². The Bertz CT molecular complexity index is 1210. The molecule has 1 aliphatic rings. The molecule has 4 rings (SSSR count). The largest absolute Gasteiger partial charge is 0.480 e. The van der Waals surface area contributed by atoms with Crippen molar-refractivity contribution in [3.63, 3.8) is 0 Å². The number of amides is 1. The van der Waals surface area contributed by atoms with Gasteiger partial charge in [0.25, 0.3) is 5.91 Å². The first-order valence-electron chi connectivity index (χ1n) is 11.0. The van der Waals surface area contributed by atoms with Crippen molar-refractivity contribution in [1.82, 2.24) is 9.47 Å². The molecule has 1 saturated heterocycles. The van der Waals surface area contributed by atoms with E-state index in [4.69, 9.17) is 0 Å². The highest BCUT2D eigenvalue weighted by molar-refractivity contribution is 6.08. The Morgan fingerprint density at radius 3 is 2.58 bits per heavy atom. The maximum absolute atomic E-state index is 12.9. The van der Waals surface area contributed by atoms with E-state index in [0.29, 0.717) is 42.8 Å². The molecule has 2 heterocycles. The number of ketones is 1. The minimum atomic E-state index is -0.959. The van der Waals surface area contributed by atoms with Crippen molar-refractivity contribution in [3.05, 3.63) is 101 Å². The molecule has 0 radical (unpaired) electrons. The number of carboxylic acid groups (broad SMARTS) is 1. The lowest BCUT2D eigenvalue weighted by molar-refractivity contribution is -0.141. The standard InChI is InChI=1S/C27H26N2O4/c1-19-11-13-21(14-12-19)25(30)23-9-4-16-28(23)15-3-7-20-6-2-8-22(18-20)26(31)29-17-5-10-24(29)27(32)33/h2-4,6-9,11-14,16,18,24H,5,10,15,17H2,1H3,(H,32,33)/b7-3+/t24-/m0/s1. The minimum absolute atomic E-state index is 0.0282. The van der Waals surface area contributed by atoms with E-state index in [2.05, 4.69) is 0 Å². The van der Waals surface area contributed by atoms with E-state index < -0.39 is 12.0 Å². The Morgan fingerprint density at radius 1 is 1.03 bits per heavy atom. The molecule has 6 nitrogen and oxygen atoms in total. The van der Waals surface area contributed by atoms with Crippen LogP contribution in [0.4, 0.5) is 0 Å². The van der Waals surface area contributed by atoms with E-state index in [0.717, 1.165) is 11.1 Å². The summed E-state index contributed by atoms with van der Waals surface area (Å²) in [5.41, 5.74) is 3.68. The average Bonchev–Trinajstić information content (AvgIpc) is 3.49. The van der Waals surface area contributed by atoms with Gasteiger partial charge in [0, 0.05) is 30.4 Å². The fourth-order valence-corrected chi connectivity index (χ4v) is 4.14. The molecule has 0 saturated carbocycles.